The van der Waals surface area contributed by atoms with Crippen LogP contribution in [-0.2, 0) is 9.59 Å². The fraction of sp³-hybridized carbons (Fsp3) is 0.875. The summed E-state index contributed by atoms with van der Waals surface area (Å²) in [5, 5.41) is 3.07. The largest absolute Gasteiger partial charge is 0.352 e. The predicted molar refractivity (Wildman–Crippen MR) is 89.7 cm³/mol. The highest BCUT2D eigenvalue weighted by molar-refractivity contribution is 5.85. The van der Waals surface area contributed by atoms with Crippen molar-refractivity contribution in [3.8, 4) is 0 Å². The first kappa shape index (κ1) is 19.2. The molecule has 2 unspecified atom stereocenters. The number of nitrogens with one attached hydrogen (secondary N) is 1. The van der Waals surface area contributed by atoms with E-state index in [1.54, 1.807) is 0 Å². The van der Waals surface area contributed by atoms with E-state index in [4.69, 9.17) is 5.73 Å². The zero-order chi connectivity index (χ0) is 15.4. The van der Waals surface area contributed by atoms with E-state index < -0.39 is 0 Å². The minimum atomic E-state index is -0.0670. The van der Waals surface area contributed by atoms with Gasteiger partial charge in [0.15, 0.2) is 0 Å². The van der Waals surface area contributed by atoms with Crippen LogP contribution in [0.5, 0.6) is 0 Å². The second-order valence-electron chi connectivity index (χ2n) is 6.97. The highest BCUT2D eigenvalue weighted by Crippen LogP contribution is 2.32. The Labute approximate surface area is 139 Å². The Morgan fingerprint density at radius 1 is 1.23 bits per heavy atom. The molecule has 3 N–H and O–H groups in total. The molecule has 1 saturated heterocycles. The van der Waals surface area contributed by atoms with Gasteiger partial charge in [-0.1, -0.05) is 13.8 Å². The standard InChI is InChI=1S/C16H29N3O2.ClH/c1-11(2)8-14(9-17)18-15(20)13-4-3-7-19(10-13)16(21)12-5-6-12;/h11-14H,3-10,17H2,1-2H3,(H,18,20);1H. The lowest BCUT2D eigenvalue weighted by molar-refractivity contribution is -0.137. The van der Waals surface area contributed by atoms with Crippen molar-refractivity contribution in [1.82, 2.24) is 10.2 Å². The normalized spacial score (nSPS) is 22.9. The minimum Gasteiger partial charge on any atom is -0.352 e. The summed E-state index contributed by atoms with van der Waals surface area (Å²) in [5.41, 5.74) is 5.74. The molecule has 2 amide bonds. The van der Waals surface area contributed by atoms with E-state index in [0.717, 1.165) is 38.6 Å². The zero-order valence-corrected chi connectivity index (χ0v) is 14.5. The molecule has 1 aliphatic heterocycles. The van der Waals surface area contributed by atoms with Gasteiger partial charge in [0, 0.05) is 31.6 Å². The molecule has 0 aromatic heterocycles. The Balaban J connectivity index is 0.00000242. The topological polar surface area (TPSA) is 75.4 Å². The smallest absolute Gasteiger partial charge is 0.225 e. The Kier molecular flexibility index (Phi) is 7.63. The van der Waals surface area contributed by atoms with E-state index in [9.17, 15) is 9.59 Å². The highest BCUT2D eigenvalue weighted by atomic mass is 35.5. The maximum absolute atomic E-state index is 12.4. The third-order valence-corrected chi connectivity index (χ3v) is 4.42. The van der Waals surface area contributed by atoms with Crippen LogP contribution in [0.15, 0.2) is 0 Å². The Bertz CT molecular complexity index is 386. The molecule has 1 saturated carbocycles. The lowest BCUT2D eigenvalue weighted by Crippen LogP contribution is -2.49. The molecule has 2 rings (SSSR count). The van der Waals surface area contributed by atoms with Crippen molar-refractivity contribution in [1.29, 1.82) is 0 Å². The van der Waals surface area contributed by atoms with Crippen molar-refractivity contribution >= 4 is 24.2 Å². The summed E-state index contributed by atoms with van der Waals surface area (Å²) >= 11 is 0. The van der Waals surface area contributed by atoms with Crippen molar-refractivity contribution in [2.24, 2.45) is 23.5 Å². The number of carbonyl (C=O) groups is 2. The van der Waals surface area contributed by atoms with Crippen LogP contribution >= 0.6 is 12.4 Å². The van der Waals surface area contributed by atoms with E-state index >= 15 is 0 Å². The lowest BCUT2D eigenvalue weighted by atomic mass is 9.95. The highest BCUT2D eigenvalue weighted by Gasteiger charge is 2.36. The third-order valence-electron chi connectivity index (χ3n) is 4.42. The molecule has 5 nitrogen and oxygen atoms in total. The lowest BCUT2D eigenvalue weighted by Gasteiger charge is -2.33. The number of likely N-dealkylation sites (tertiary alicyclic amines) is 1. The van der Waals surface area contributed by atoms with E-state index in [1.807, 2.05) is 4.90 Å². The van der Waals surface area contributed by atoms with Gasteiger partial charge < -0.3 is 16.0 Å². The van der Waals surface area contributed by atoms with Crippen molar-refractivity contribution in [3.05, 3.63) is 0 Å². The monoisotopic (exact) mass is 331 g/mol. The first-order valence-electron chi connectivity index (χ1n) is 8.30. The molecule has 2 fully saturated rings. The van der Waals surface area contributed by atoms with E-state index in [-0.39, 0.29) is 42.1 Å². The molecule has 0 bridgehead atoms. The third kappa shape index (κ3) is 5.43. The summed E-state index contributed by atoms with van der Waals surface area (Å²) in [4.78, 5) is 26.4. The van der Waals surface area contributed by atoms with Crippen molar-refractivity contribution < 1.29 is 9.59 Å². The number of rotatable bonds is 6. The fourth-order valence-electron chi connectivity index (χ4n) is 3.08. The van der Waals surface area contributed by atoms with Crippen LogP contribution in [0.3, 0.4) is 0 Å². The second kappa shape index (κ2) is 8.73. The molecule has 0 radical (unpaired) electrons. The molecule has 1 aliphatic carbocycles. The maximum Gasteiger partial charge on any atom is 0.225 e. The van der Waals surface area contributed by atoms with Crippen molar-refractivity contribution in [2.75, 3.05) is 19.6 Å². The van der Waals surface area contributed by atoms with E-state index in [0.29, 0.717) is 19.0 Å². The van der Waals surface area contributed by atoms with Crippen molar-refractivity contribution in [2.45, 2.75) is 52.0 Å². The number of hydrogen-bond acceptors (Lipinski definition) is 3. The summed E-state index contributed by atoms with van der Waals surface area (Å²) in [5.74, 6) is 1.01. The number of nitrogens with zero attached hydrogens (tertiary/aromatic N) is 1. The number of carbonyl (C=O) groups excluding carboxylic acids is 2. The minimum absolute atomic E-state index is 0. The molecule has 22 heavy (non-hydrogen) atoms. The van der Waals surface area contributed by atoms with Gasteiger partial charge in [0.1, 0.15) is 0 Å². The first-order chi connectivity index (χ1) is 10.0. The van der Waals surface area contributed by atoms with E-state index in [2.05, 4.69) is 19.2 Å². The van der Waals surface area contributed by atoms with E-state index in [1.165, 1.54) is 0 Å². The average Bonchev–Trinajstić information content (AvgIpc) is 3.30. The Hall–Kier alpha value is -0.810. The SMILES string of the molecule is CC(C)CC(CN)NC(=O)C1CCCN(C(=O)C2CC2)C1.Cl. The van der Waals surface area contributed by atoms with Gasteiger partial charge in [0.2, 0.25) is 11.8 Å². The van der Waals surface area contributed by atoms with Crippen LogP contribution in [0.1, 0.15) is 46.0 Å². The summed E-state index contributed by atoms with van der Waals surface area (Å²) in [7, 11) is 0. The summed E-state index contributed by atoms with van der Waals surface area (Å²) in [6.07, 6.45) is 4.75. The van der Waals surface area contributed by atoms with Gasteiger partial charge in [0.05, 0.1) is 5.92 Å². The quantitative estimate of drug-likeness (QED) is 0.775. The van der Waals surface area contributed by atoms with Gasteiger partial charge in [-0.15, -0.1) is 12.4 Å². The van der Waals surface area contributed by atoms with Gasteiger partial charge in [-0.05, 0) is 38.0 Å². The van der Waals surface area contributed by atoms with Crippen LogP contribution in [0.25, 0.3) is 0 Å². The van der Waals surface area contributed by atoms with Gasteiger partial charge >= 0.3 is 0 Å². The molecular weight excluding hydrogens is 302 g/mol. The van der Waals surface area contributed by atoms with Crippen LogP contribution in [0.2, 0.25) is 0 Å². The first-order valence-corrected chi connectivity index (χ1v) is 8.30. The molecule has 6 heteroatoms. The van der Waals surface area contributed by atoms with Gasteiger partial charge in [-0.25, -0.2) is 0 Å². The van der Waals surface area contributed by atoms with Crippen LogP contribution < -0.4 is 11.1 Å². The average molecular weight is 332 g/mol. The summed E-state index contributed by atoms with van der Waals surface area (Å²) < 4.78 is 0. The zero-order valence-electron chi connectivity index (χ0n) is 13.7. The molecular formula is C16H30ClN3O2. The second-order valence-corrected chi connectivity index (χ2v) is 6.97. The molecule has 0 spiro atoms. The fourth-order valence-corrected chi connectivity index (χ4v) is 3.08. The van der Waals surface area contributed by atoms with Gasteiger partial charge in [0.25, 0.3) is 0 Å². The van der Waals surface area contributed by atoms with Crippen LogP contribution in [0, 0.1) is 17.8 Å². The Morgan fingerprint density at radius 2 is 1.91 bits per heavy atom. The molecule has 128 valence electrons. The number of amides is 2. The Morgan fingerprint density at radius 3 is 2.45 bits per heavy atom. The molecule has 0 aromatic carbocycles. The molecule has 2 atom stereocenters. The summed E-state index contributed by atoms with van der Waals surface area (Å²) in [6, 6.07) is 0.0482. The maximum atomic E-state index is 12.4. The molecule has 0 aromatic rings. The van der Waals surface area contributed by atoms with Gasteiger partial charge in [-0.2, -0.15) is 0 Å². The number of piperidine rings is 1. The number of halogens is 1. The number of nitrogens with two attached hydrogens (primary N) is 1. The predicted octanol–water partition coefficient (Wildman–Crippen LogP) is 1.55. The van der Waals surface area contributed by atoms with Crippen LogP contribution in [0.4, 0.5) is 0 Å². The molecule has 2 aliphatic rings. The summed E-state index contributed by atoms with van der Waals surface area (Å²) in [6.45, 7) is 6.13. The van der Waals surface area contributed by atoms with Crippen LogP contribution in [-0.4, -0.2) is 42.4 Å². The number of hydrogen-bond donors (Lipinski definition) is 2. The van der Waals surface area contributed by atoms with Gasteiger partial charge in [-0.3, -0.25) is 9.59 Å². The molecule has 1 heterocycles. The van der Waals surface area contributed by atoms with Crippen molar-refractivity contribution in [3.63, 3.8) is 0 Å².